The molecule has 4 nitrogen and oxygen atoms in total. The summed E-state index contributed by atoms with van der Waals surface area (Å²) in [4.78, 5) is 16.0. The molecule has 4 N–H and O–H groups in total. The van der Waals surface area contributed by atoms with E-state index in [0.29, 0.717) is 16.9 Å². The number of hydrogen-bond acceptors (Lipinski definition) is 2. The molecule has 0 fully saturated rings. The molecule has 0 radical (unpaired) electrons. The zero-order valence-electron chi connectivity index (χ0n) is 12.9. The minimum Gasteiger partial charge on any atom is -0.399 e. The van der Waals surface area contributed by atoms with Crippen LogP contribution in [-0.4, -0.2) is 10.9 Å². The molecule has 1 aliphatic carbocycles. The molecule has 0 saturated carbocycles. The summed E-state index contributed by atoms with van der Waals surface area (Å²) >= 11 is 0. The normalized spacial score (nSPS) is 13.7. The average molecular weight is 305 g/mol. The largest absolute Gasteiger partial charge is 0.399 e. The lowest BCUT2D eigenvalue weighted by Crippen LogP contribution is -2.11. The van der Waals surface area contributed by atoms with Gasteiger partial charge in [0.15, 0.2) is 0 Å². The van der Waals surface area contributed by atoms with Crippen molar-refractivity contribution in [2.45, 2.75) is 25.7 Å². The Kier molecular flexibility index (Phi) is 3.30. The maximum absolute atomic E-state index is 12.5. The fourth-order valence-corrected chi connectivity index (χ4v) is 3.37. The van der Waals surface area contributed by atoms with Crippen molar-refractivity contribution >= 4 is 28.2 Å². The molecule has 4 rings (SSSR count). The molecule has 0 unspecified atom stereocenters. The molecule has 23 heavy (non-hydrogen) atoms. The second-order valence-electron chi connectivity index (χ2n) is 6.13. The van der Waals surface area contributed by atoms with Crippen LogP contribution < -0.4 is 11.1 Å². The molecule has 3 aromatic rings. The van der Waals surface area contributed by atoms with Gasteiger partial charge in [-0.15, -0.1) is 0 Å². The highest BCUT2D eigenvalue weighted by Crippen LogP contribution is 2.29. The van der Waals surface area contributed by atoms with Crippen molar-refractivity contribution in [2.24, 2.45) is 0 Å². The molecule has 1 heterocycles. The number of benzene rings is 2. The third-order valence-corrected chi connectivity index (χ3v) is 4.50. The van der Waals surface area contributed by atoms with E-state index in [-0.39, 0.29) is 5.91 Å². The molecule has 1 aliphatic rings. The number of nitrogens with one attached hydrogen (secondary N) is 2. The number of hydrogen-bond donors (Lipinski definition) is 3. The Hall–Kier alpha value is -2.75. The highest BCUT2D eigenvalue weighted by molar-refractivity contribution is 6.06. The molecule has 0 atom stereocenters. The molecule has 1 amide bonds. The van der Waals surface area contributed by atoms with Crippen LogP contribution in [0.25, 0.3) is 10.9 Å². The van der Waals surface area contributed by atoms with Crippen LogP contribution in [0, 0.1) is 0 Å². The van der Waals surface area contributed by atoms with Gasteiger partial charge in [0.2, 0.25) is 0 Å². The van der Waals surface area contributed by atoms with E-state index in [1.165, 1.54) is 29.5 Å². The molecular weight excluding hydrogens is 286 g/mol. The average Bonchev–Trinajstić information content (AvgIpc) is 2.92. The van der Waals surface area contributed by atoms with Crippen LogP contribution in [-0.2, 0) is 12.8 Å². The minimum absolute atomic E-state index is 0.108. The maximum Gasteiger partial charge on any atom is 0.255 e. The summed E-state index contributed by atoms with van der Waals surface area (Å²) in [6, 6.07) is 13.1. The van der Waals surface area contributed by atoms with Gasteiger partial charge >= 0.3 is 0 Å². The predicted octanol–water partition coefficient (Wildman–Crippen LogP) is 3.88. The highest BCUT2D eigenvalue weighted by Gasteiger charge is 2.16. The first kappa shape index (κ1) is 13.9. The first-order valence-corrected chi connectivity index (χ1v) is 8.01. The lowest BCUT2D eigenvalue weighted by Gasteiger charge is -2.10. The lowest BCUT2D eigenvalue weighted by atomic mass is 9.95. The van der Waals surface area contributed by atoms with Gasteiger partial charge in [-0.2, -0.15) is 0 Å². The fraction of sp³-hybridized carbons (Fsp3) is 0.211. The summed E-state index contributed by atoms with van der Waals surface area (Å²) in [5, 5.41) is 4.09. The van der Waals surface area contributed by atoms with Crippen LogP contribution in [0.3, 0.4) is 0 Å². The van der Waals surface area contributed by atoms with Gasteiger partial charge in [0.25, 0.3) is 5.91 Å². The summed E-state index contributed by atoms with van der Waals surface area (Å²) in [7, 11) is 0. The van der Waals surface area contributed by atoms with E-state index < -0.39 is 0 Å². The smallest absolute Gasteiger partial charge is 0.255 e. The molecule has 4 heteroatoms. The quantitative estimate of drug-likeness (QED) is 0.629. The summed E-state index contributed by atoms with van der Waals surface area (Å²) in [5.41, 5.74) is 11.6. The topological polar surface area (TPSA) is 70.9 Å². The van der Waals surface area contributed by atoms with E-state index >= 15 is 0 Å². The van der Waals surface area contributed by atoms with E-state index in [9.17, 15) is 4.79 Å². The summed E-state index contributed by atoms with van der Waals surface area (Å²) in [6.45, 7) is 0. The van der Waals surface area contributed by atoms with E-state index in [2.05, 4.69) is 10.3 Å². The molecule has 0 bridgehead atoms. The minimum atomic E-state index is -0.108. The van der Waals surface area contributed by atoms with Crippen molar-refractivity contribution in [1.29, 1.82) is 0 Å². The number of fused-ring (bicyclic) bond motifs is 3. The molecule has 1 aromatic heterocycles. The van der Waals surface area contributed by atoms with E-state index in [0.717, 1.165) is 18.4 Å². The Morgan fingerprint density at radius 3 is 2.83 bits per heavy atom. The number of amides is 1. The molecular formula is C19H19N3O. The first-order valence-electron chi connectivity index (χ1n) is 8.01. The lowest BCUT2D eigenvalue weighted by molar-refractivity contribution is 0.102. The van der Waals surface area contributed by atoms with Crippen molar-refractivity contribution in [1.82, 2.24) is 4.98 Å². The van der Waals surface area contributed by atoms with Crippen LogP contribution in [0.2, 0.25) is 0 Å². The highest BCUT2D eigenvalue weighted by atomic mass is 16.1. The number of aromatic amines is 1. The zero-order chi connectivity index (χ0) is 15.8. The van der Waals surface area contributed by atoms with Crippen LogP contribution in [0.1, 0.15) is 34.5 Å². The Labute approximate surface area is 134 Å². The van der Waals surface area contributed by atoms with Crippen molar-refractivity contribution in [3.8, 4) is 0 Å². The third-order valence-electron chi connectivity index (χ3n) is 4.50. The van der Waals surface area contributed by atoms with E-state index in [1.54, 1.807) is 12.1 Å². The maximum atomic E-state index is 12.5. The van der Waals surface area contributed by atoms with Crippen molar-refractivity contribution in [3.05, 3.63) is 59.3 Å². The Morgan fingerprint density at radius 2 is 1.96 bits per heavy atom. The standard InChI is InChI=1S/C19H19N3O/c20-13-4-3-5-14(11-13)21-19(23)12-8-9-18-16(10-12)15-6-1-2-7-17(15)22-18/h3-5,8-11,22H,1-2,6-7,20H2,(H,21,23). The molecule has 116 valence electrons. The molecule has 0 saturated heterocycles. The van der Waals surface area contributed by atoms with Gasteiger partial charge in [0.05, 0.1) is 0 Å². The van der Waals surface area contributed by atoms with Crippen molar-refractivity contribution in [3.63, 3.8) is 0 Å². The number of anilines is 2. The fourth-order valence-electron chi connectivity index (χ4n) is 3.37. The van der Waals surface area contributed by atoms with Gasteiger partial charge in [0, 0.05) is 33.5 Å². The number of nitrogens with two attached hydrogens (primary N) is 1. The van der Waals surface area contributed by atoms with E-state index in [1.807, 2.05) is 30.3 Å². The van der Waals surface area contributed by atoms with Crippen LogP contribution in [0.5, 0.6) is 0 Å². The molecule has 0 aliphatic heterocycles. The Balaban J connectivity index is 1.67. The first-order chi connectivity index (χ1) is 11.2. The number of rotatable bonds is 2. The van der Waals surface area contributed by atoms with Gasteiger partial charge in [0.1, 0.15) is 0 Å². The second kappa shape index (κ2) is 5.47. The van der Waals surface area contributed by atoms with Gasteiger partial charge in [-0.25, -0.2) is 0 Å². The van der Waals surface area contributed by atoms with Crippen LogP contribution >= 0.6 is 0 Å². The van der Waals surface area contributed by atoms with Gasteiger partial charge in [-0.3, -0.25) is 4.79 Å². The number of H-pyrrole nitrogens is 1. The number of carbonyl (C=O) groups is 1. The molecule has 2 aromatic carbocycles. The predicted molar refractivity (Wildman–Crippen MR) is 93.7 cm³/mol. The van der Waals surface area contributed by atoms with Gasteiger partial charge in [-0.05, 0) is 67.6 Å². The Morgan fingerprint density at radius 1 is 1.09 bits per heavy atom. The van der Waals surface area contributed by atoms with E-state index in [4.69, 9.17) is 5.73 Å². The van der Waals surface area contributed by atoms with Crippen molar-refractivity contribution in [2.75, 3.05) is 11.1 Å². The number of carbonyl (C=O) groups excluding carboxylic acids is 1. The number of nitrogen functional groups attached to an aromatic ring is 1. The second-order valence-corrected chi connectivity index (χ2v) is 6.13. The SMILES string of the molecule is Nc1cccc(NC(=O)c2ccc3[nH]c4c(c3c2)CCCC4)c1. The monoisotopic (exact) mass is 305 g/mol. The number of aryl methyl sites for hydroxylation is 2. The number of aromatic nitrogens is 1. The summed E-state index contributed by atoms with van der Waals surface area (Å²) < 4.78 is 0. The summed E-state index contributed by atoms with van der Waals surface area (Å²) in [6.07, 6.45) is 4.66. The van der Waals surface area contributed by atoms with Crippen LogP contribution in [0.4, 0.5) is 11.4 Å². The Bertz CT molecular complexity index is 895. The van der Waals surface area contributed by atoms with Crippen LogP contribution in [0.15, 0.2) is 42.5 Å². The zero-order valence-corrected chi connectivity index (χ0v) is 12.9. The van der Waals surface area contributed by atoms with Gasteiger partial charge in [-0.1, -0.05) is 6.07 Å². The molecule has 0 spiro atoms. The summed E-state index contributed by atoms with van der Waals surface area (Å²) in [5.74, 6) is -0.108. The van der Waals surface area contributed by atoms with Gasteiger partial charge < -0.3 is 16.0 Å². The third kappa shape index (κ3) is 2.57. The van der Waals surface area contributed by atoms with Crippen molar-refractivity contribution < 1.29 is 4.79 Å².